The Hall–Kier alpha value is -1.30. The summed E-state index contributed by atoms with van der Waals surface area (Å²) >= 11 is 0. The molecule has 0 aromatic rings. The lowest BCUT2D eigenvalue weighted by Gasteiger charge is -2.25. The van der Waals surface area contributed by atoms with Gasteiger partial charge in [-0.2, -0.15) is 0 Å². The van der Waals surface area contributed by atoms with E-state index in [-0.39, 0.29) is 12.6 Å². The number of carboxylic acids is 1. The summed E-state index contributed by atoms with van der Waals surface area (Å²) in [5.41, 5.74) is 0. The Balaban J connectivity index is 2.30. The van der Waals surface area contributed by atoms with E-state index in [4.69, 9.17) is 5.11 Å². The van der Waals surface area contributed by atoms with Crippen LogP contribution in [-0.4, -0.2) is 66.2 Å². The van der Waals surface area contributed by atoms with Crippen molar-refractivity contribution in [3.8, 4) is 0 Å². The number of carbonyl (C=O) groups excluding carboxylic acids is 1. The zero-order valence-electron chi connectivity index (χ0n) is 13.5. The van der Waals surface area contributed by atoms with Crippen LogP contribution in [0.25, 0.3) is 0 Å². The van der Waals surface area contributed by atoms with Gasteiger partial charge in [0.1, 0.15) is 0 Å². The van der Waals surface area contributed by atoms with Gasteiger partial charge in [0.25, 0.3) is 0 Å². The lowest BCUT2D eigenvalue weighted by atomic mass is 10.1. The van der Waals surface area contributed by atoms with Gasteiger partial charge in [0.05, 0.1) is 5.92 Å². The van der Waals surface area contributed by atoms with Crippen molar-refractivity contribution >= 4 is 12.0 Å². The normalized spacial score (nSPS) is 18.2. The highest BCUT2D eigenvalue weighted by atomic mass is 16.4. The Labute approximate surface area is 127 Å². The second-order valence-corrected chi connectivity index (χ2v) is 6.08. The minimum absolute atomic E-state index is 0.168. The Kier molecular flexibility index (Phi) is 7.50. The standard InChI is InChI=1S/C15H29N3O3/c1-4-18(11-13(3)14(19)20)15(21)16-9-12(2)10-17-7-5-6-8-17/h12-13H,4-11H2,1-3H3,(H,16,21)(H,19,20). The number of rotatable bonds is 8. The van der Waals surface area contributed by atoms with E-state index in [1.54, 1.807) is 11.8 Å². The van der Waals surface area contributed by atoms with Crippen molar-refractivity contribution in [3.05, 3.63) is 0 Å². The van der Waals surface area contributed by atoms with E-state index < -0.39 is 11.9 Å². The van der Waals surface area contributed by atoms with Gasteiger partial charge in [-0.25, -0.2) is 4.79 Å². The molecule has 1 fully saturated rings. The van der Waals surface area contributed by atoms with Gasteiger partial charge in [-0.15, -0.1) is 0 Å². The van der Waals surface area contributed by atoms with Crippen LogP contribution in [-0.2, 0) is 4.79 Å². The fourth-order valence-corrected chi connectivity index (χ4v) is 2.61. The first-order valence-corrected chi connectivity index (χ1v) is 7.92. The lowest BCUT2D eigenvalue weighted by molar-refractivity contribution is -0.141. The molecule has 0 aromatic carbocycles. The fraction of sp³-hybridized carbons (Fsp3) is 0.867. The van der Waals surface area contributed by atoms with Gasteiger partial charge in [0.2, 0.25) is 0 Å². The quantitative estimate of drug-likeness (QED) is 0.712. The van der Waals surface area contributed by atoms with Crippen molar-refractivity contribution < 1.29 is 14.7 Å². The number of carboxylic acid groups (broad SMARTS) is 1. The zero-order chi connectivity index (χ0) is 15.8. The second kappa shape index (κ2) is 8.87. The first-order chi connectivity index (χ1) is 9.93. The van der Waals surface area contributed by atoms with Gasteiger partial charge in [-0.1, -0.05) is 13.8 Å². The number of carbonyl (C=O) groups is 2. The number of nitrogens with one attached hydrogen (secondary N) is 1. The Morgan fingerprint density at radius 3 is 2.43 bits per heavy atom. The third-order valence-corrected chi connectivity index (χ3v) is 3.96. The number of amides is 2. The van der Waals surface area contributed by atoms with Gasteiger partial charge in [-0.3, -0.25) is 4.79 Å². The van der Waals surface area contributed by atoms with Gasteiger partial charge < -0.3 is 20.2 Å². The summed E-state index contributed by atoms with van der Waals surface area (Å²) in [5.74, 6) is -1.01. The molecule has 122 valence electrons. The highest BCUT2D eigenvalue weighted by molar-refractivity contribution is 5.75. The van der Waals surface area contributed by atoms with E-state index >= 15 is 0 Å². The van der Waals surface area contributed by atoms with Crippen molar-refractivity contribution in [3.63, 3.8) is 0 Å². The van der Waals surface area contributed by atoms with E-state index in [9.17, 15) is 9.59 Å². The molecular weight excluding hydrogens is 270 g/mol. The van der Waals surface area contributed by atoms with E-state index in [1.165, 1.54) is 12.8 Å². The number of urea groups is 1. The first-order valence-electron chi connectivity index (χ1n) is 7.92. The number of hydrogen-bond acceptors (Lipinski definition) is 3. The Morgan fingerprint density at radius 1 is 1.29 bits per heavy atom. The SMILES string of the molecule is CCN(CC(C)C(=O)O)C(=O)NCC(C)CN1CCCC1. The predicted molar refractivity (Wildman–Crippen MR) is 82.3 cm³/mol. The van der Waals surface area contributed by atoms with Crippen molar-refractivity contribution in [2.24, 2.45) is 11.8 Å². The summed E-state index contributed by atoms with van der Waals surface area (Å²) in [5, 5.41) is 11.8. The third-order valence-electron chi connectivity index (χ3n) is 3.96. The summed E-state index contributed by atoms with van der Waals surface area (Å²) in [7, 11) is 0. The maximum absolute atomic E-state index is 12.1. The molecule has 6 heteroatoms. The second-order valence-electron chi connectivity index (χ2n) is 6.08. The van der Waals surface area contributed by atoms with Crippen molar-refractivity contribution in [1.29, 1.82) is 0 Å². The third kappa shape index (κ3) is 6.33. The van der Waals surface area contributed by atoms with Gasteiger partial charge >= 0.3 is 12.0 Å². The summed E-state index contributed by atoms with van der Waals surface area (Å²) in [6, 6.07) is -0.168. The molecule has 0 spiro atoms. The van der Waals surface area contributed by atoms with Gasteiger partial charge in [0, 0.05) is 26.2 Å². The average molecular weight is 299 g/mol. The van der Waals surface area contributed by atoms with E-state index in [0.717, 1.165) is 19.6 Å². The van der Waals surface area contributed by atoms with Crippen LogP contribution >= 0.6 is 0 Å². The van der Waals surface area contributed by atoms with Crippen molar-refractivity contribution in [2.75, 3.05) is 39.3 Å². The molecule has 21 heavy (non-hydrogen) atoms. The smallest absolute Gasteiger partial charge is 0.317 e. The largest absolute Gasteiger partial charge is 0.481 e. The lowest BCUT2D eigenvalue weighted by Crippen LogP contribution is -2.45. The molecule has 2 atom stereocenters. The number of aliphatic carboxylic acids is 1. The number of nitrogens with zero attached hydrogens (tertiary/aromatic N) is 2. The Morgan fingerprint density at radius 2 is 1.90 bits per heavy atom. The molecule has 1 heterocycles. The van der Waals surface area contributed by atoms with Crippen LogP contribution in [0, 0.1) is 11.8 Å². The molecule has 1 aliphatic heterocycles. The molecule has 2 amide bonds. The maximum atomic E-state index is 12.1. The zero-order valence-corrected chi connectivity index (χ0v) is 13.5. The summed E-state index contributed by atoms with van der Waals surface area (Å²) in [4.78, 5) is 26.9. The van der Waals surface area contributed by atoms with Crippen LogP contribution in [0.2, 0.25) is 0 Å². The van der Waals surface area contributed by atoms with Crippen LogP contribution in [0.15, 0.2) is 0 Å². The predicted octanol–water partition coefficient (Wildman–Crippen LogP) is 1.47. The van der Waals surface area contributed by atoms with Crippen LogP contribution in [0.5, 0.6) is 0 Å². The number of likely N-dealkylation sites (tertiary alicyclic amines) is 1. The van der Waals surface area contributed by atoms with Crippen LogP contribution < -0.4 is 5.32 Å². The molecular formula is C15H29N3O3. The monoisotopic (exact) mass is 299 g/mol. The maximum Gasteiger partial charge on any atom is 0.317 e. The Bertz CT molecular complexity index is 343. The van der Waals surface area contributed by atoms with Crippen LogP contribution in [0.3, 0.4) is 0 Å². The van der Waals surface area contributed by atoms with Crippen LogP contribution in [0.1, 0.15) is 33.6 Å². The molecule has 2 unspecified atom stereocenters. The van der Waals surface area contributed by atoms with Gasteiger partial charge in [-0.05, 0) is 38.8 Å². The molecule has 2 N–H and O–H groups in total. The molecule has 0 aromatic heterocycles. The highest BCUT2D eigenvalue weighted by Gasteiger charge is 2.20. The fourth-order valence-electron chi connectivity index (χ4n) is 2.61. The molecule has 0 radical (unpaired) electrons. The van der Waals surface area contributed by atoms with Crippen molar-refractivity contribution in [2.45, 2.75) is 33.6 Å². The molecule has 1 saturated heterocycles. The molecule has 0 aliphatic carbocycles. The molecule has 1 aliphatic rings. The molecule has 1 rings (SSSR count). The highest BCUT2D eigenvalue weighted by Crippen LogP contribution is 2.10. The minimum atomic E-state index is -0.872. The summed E-state index contributed by atoms with van der Waals surface area (Å²) in [6.45, 7) is 10.4. The molecule has 0 saturated carbocycles. The summed E-state index contributed by atoms with van der Waals surface area (Å²) < 4.78 is 0. The van der Waals surface area contributed by atoms with E-state index in [2.05, 4.69) is 17.1 Å². The molecule has 0 bridgehead atoms. The van der Waals surface area contributed by atoms with Gasteiger partial charge in [0.15, 0.2) is 0 Å². The average Bonchev–Trinajstić information content (AvgIpc) is 2.94. The number of hydrogen-bond donors (Lipinski definition) is 2. The van der Waals surface area contributed by atoms with E-state index in [1.807, 2.05) is 6.92 Å². The van der Waals surface area contributed by atoms with Crippen molar-refractivity contribution in [1.82, 2.24) is 15.1 Å². The summed E-state index contributed by atoms with van der Waals surface area (Å²) in [6.07, 6.45) is 2.55. The topological polar surface area (TPSA) is 72.9 Å². The minimum Gasteiger partial charge on any atom is -0.481 e. The van der Waals surface area contributed by atoms with Crippen LogP contribution in [0.4, 0.5) is 4.79 Å². The first kappa shape index (κ1) is 17.8. The van der Waals surface area contributed by atoms with E-state index in [0.29, 0.717) is 19.0 Å². The molecule has 6 nitrogen and oxygen atoms in total.